The predicted octanol–water partition coefficient (Wildman–Crippen LogP) is 3.70. The molecular weight excluding hydrogens is 380 g/mol. The number of carbonyl (C=O) groups is 3. The average molecular weight is 406 g/mol. The number of anilines is 3. The summed E-state index contributed by atoms with van der Waals surface area (Å²) in [4.78, 5) is 41.1. The van der Waals surface area contributed by atoms with Crippen LogP contribution >= 0.6 is 0 Å². The summed E-state index contributed by atoms with van der Waals surface area (Å²) in [7, 11) is 0. The number of rotatable bonds is 4. The van der Waals surface area contributed by atoms with Gasteiger partial charge in [-0.05, 0) is 43.5 Å². The molecule has 2 heterocycles. The Bertz CT molecular complexity index is 931. The molecule has 2 aliphatic rings. The van der Waals surface area contributed by atoms with Crippen LogP contribution in [0.4, 0.5) is 21.9 Å². The molecule has 0 saturated carbocycles. The molecule has 4 rings (SSSR count). The Morgan fingerprint density at radius 1 is 0.900 bits per heavy atom. The second-order valence-corrected chi connectivity index (χ2v) is 7.74. The van der Waals surface area contributed by atoms with Gasteiger partial charge in [0.15, 0.2) is 0 Å². The molecule has 156 valence electrons. The number of urea groups is 1. The lowest BCUT2D eigenvalue weighted by molar-refractivity contribution is -0.121. The van der Waals surface area contributed by atoms with Crippen molar-refractivity contribution in [2.45, 2.75) is 25.7 Å². The molecule has 2 fully saturated rings. The highest BCUT2D eigenvalue weighted by molar-refractivity contribution is 6.02. The van der Waals surface area contributed by atoms with E-state index in [1.165, 1.54) is 0 Å². The Labute approximate surface area is 176 Å². The first kappa shape index (κ1) is 19.9. The van der Waals surface area contributed by atoms with Gasteiger partial charge in [-0.1, -0.05) is 30.3 Å². The first-order chi connectivity index (χ1) is 14.6. The van der Waals surface area contributed by atoms with Gasteiger partial charge in [-0.15, -0.1) is 0 Å². The minimum atomic E-state index is -0.289. The second kappa shape index (κ2) is 8.98. The van der Waals surface area contributed by atoms with Gasteiger partial charge in [-0.2, -0.15) is 0 Å². The predicted molar refractivity (Wildman–Crippen MR) is 116 cm³/mol. The molecule has 1 atom stereocenters. The molecule has 30 heavy (non-hydrogen) atoms. The van der Waals surface area contributed by atoms with E-state index in [9.17, 15) is 14.4 Å². The van der Waals surface area contributed by atoms with Crippen molar-refractivity contribution >= 4 is 34.9 Å². The van der Waals surface area contributed by atoms with Crippen molar-refractivity contribution in [2.24, 2.45) is 5.92 Å². The van der Waals surface area contributed by atoms with E-state index in [1.807, 2.05) is 54.6 Å². The maximum absolute atomic E-state index is 13.0. The number of nitrogens with one attached hydrogen (secondary N) is 2. The highest BCUT2D eigenvalue weighted by Gasteiger charge is 2.30. The summed E-state index contributed by atoms with van der Waals surface area (Å²) in [5.41, 5.74) is 2.12. The fourth-order valence-electron chi connectivity index (χ4n) is 4.05. The number of benzene rings is 2. The lowest BCUT2D eigenvalue weighted by Gasteiger charge is -2.32. The number of piperidine rings is 1. The monoisotopic (exact) mass is 406 g/mol. The zero-order valence-corrected chi connectivity index (χ0v) is 16.8. The molecule has 2 N–H and O–H groups in total. The van der Waals surface area contributed by atoms with Crippen LogP contribution in [0.1, 0.15) is 25.7 Å². The fourth-order valence-corrected chi connectivity index (χ4v) is 4.05. The smallest absolute Gasteiger partial charge is 0.321 e. The van der Waals surface area contributed by atoms with Gasteiger partial charge in [0.25, 0.3) is 0 Å². The summed E-state index contributed by atoms with van der Waals surface area (Å²) >= 11 is 0. The van der Waals surface area contributed by atoms with Crippen molar-refractivity contribution in [3.8, 4) is 0 Å². The van der Waals surface area contributed by atoms with E-state index in [2.05, 4.69) is 10.6 Å². The summed E-state index contributed by atoms with van der Waals surface area (Å²) in [6.07, 6.45) is 2.87. The number of amides is 4. The highest BCUT2D eigenvalue weighted by atomic mass is 16.2. The Balaban J connectivity index is 1.40. The zero-order chi connectivity index (χ0) is 20.9. The molecule has 0 aliphatic carbocycles. The van der Waals surface area contributed by atoms with Crippen LogP contribution in [-0.2, 0) is 9.59 Å². The van der Waals surface area contributed by atoms with Crippen molar-refractivity contribution in [1.29, 1.82) is 0 Å². The molecule has 2 aromatic rings. The lowest BCUT2D eigenvalue weighted by Crippen LogP contribution is -2.45. The van der Waals surface area contributed by atoms with Crippen molar-refractivity contribution in [3.63, 3.8) is 0 Å². The molecular formula is C23H26N4O3. The molecule has 0 radical (unpaired) electrons. The van der Waals surface area contributed by atoms with Crippen LogP contribution in [0.3, 0.4) is 0 Å². The third-order valence-corrected chi connectivity index (χ3v) is 5.63. The molecule has 4 amide bonds. The molecule has 2 aromatic carbocycles. The van der Waals surface area contributed by atoms with Crippen molar-refractivity contribution in [3.05, 3.63) is 54.6 Å². The van der Waals surface area contributed by atoms with Gasteiger partial charge in [0.05, 0.1) is 17.3 Å². The van der Waals surface area contributed by atoms with Crippen LogP contribution in [0.5, 0.6) is 0 Å². The van der Waals surface area contributed by atoms with Gasteiger partial charge in [0.2, 0.25) is 11.8 Å². The Hall–Kier alpha value is -3.35. The second-order valence-electron chi connectivity index (χ2n) is 7.74. The summed E-state index contributed by atoms with van der Waals surface area (Å²) in [6, 6.07) is 16.5. The maximum atomic E-state index is 13.0. The highest BCUT2D eigenvalue weighted by Crippen LogP contribution is 2.30. The van der Waals surface area contributed by atoms with Gasteiger partial charge in [0, 0.05) is 31.7 Å². The Morgan fingerprint density at radius 3 is 2.43 bits per heavy atom. The summed E-state index contributed by atoms with van der Waals surface area (Å²) in [6.45, 7) is 1.67. The lowest BCUT2D eigenvalue weighted by atomic mass is 9.97. The Kier molecular flexibility index (Phi) is 5.97. The van der Waals surface area contributed by atoms with Gasteiger partial charge in [0.1, 0.15) is 0 Å². The number of nitrogens with zero attached hydrogens (tertiary/aromatic N) is 2. The normalized spacial score (nSPS) is 18.9. The van der Waals surface area contributed by atoms with Crippen LogP contribution in [0.25, 0.3) is 0 Å². The van der Waals surface area contributed by atoms with Gasteiger partial charge < -0.3 is 20.4 Å². The third-order valence-electron chi connectivity index (χ3n) is 5.63. The number of likely N-dealkylation sites (tertiary alicyclic amines) is 1. The Morgan fingerprint density at radius 2 is 1.67 bits per heavy atom. The SMILES string of the molecule is O=C(Nc1ccccc1N1CCCC1=O)[C@H]1CCCN(C(=O)Nc2ccccc2)C1. The first-order valence-corrected chi connectivity index (χ1v) is 10.4. The summed E-state index contributed by atoms with van der Waals surface area (Å²) in [5.74, 6) is -0.327. The van der Waals surface area contributed by atoms with Crippen molar-refractivity contribution in [1.82, 2.24) is 4.90 Å². The zero-order valence-electron chi connectivity index (χ0n) is 16.8. The average Bonchev–Trinajstić information content (AvgIpc) is 3.20. The molecule has 0 unspecified atom stereocenters. The fraction of sp³-hybridized carbons (Fsp3) is 0.348. The van der Waals surface area contributed by atoms with Crippen LogP contribution in [0.2, 0.25) is 0 Å². The first-order valence-electron chi connectivity index (χ1n) is 10.4. The molecule has 0 bridgehead atoms. The van der Waals surface area contributed by atoms with Crippen molar-refractivity contribution < 1.29 is 14.4 Å². The van der Waals surface area contributed by atoms with Gasteiger partial charge in [-0.25, -0.2) is 4.79 Å². The standard InChI is InChI=1S/C23H26N4O3/c28-21-13-7-15-27(21)20-12-5-4-11-19(20)25-22(29)17-8-6-14-26(16-17)23(30)24-18-9-2-1-3-10-18/h1-5,9-12,17H,6-8,13-16H2,(H,24,30)(H,25,29)/t17-/m0/s1. The molecule has 0 spiro atoms. The van der Waals surface area contributed by atoms with E-state index in [0.717, 1.165) is 30.6 Å². The molecule has 2 saturated heterocycles. The van der Waals surface area contributed by atoms with E-state index < -0.39 is 0 Å². The van der Waals surface area contributed by atoms with Crippen LogP contribution in [-0.4, -0.2) is 42.4 Å². The quantitative estimate of drug-likeness (QED) is 0.812. The number of para-hydroxylation sites is 3. The summed E-state index contributed by atoms with van der Waals surface area (Å²) < 4.78 is 0. The largest absolute Gasteiger partial charge is 0.324 e. The summed E-state index contributed by atoms with van der Waals surface area (Å²) in [5, 5.41) is 5.88. The molecule has 7 nitrogen and oxygen atoms in total. The van der Waals surface area contributed by atoms with Gasteiger partial charge >= 0.3 is 6.03 Å². The van der Waals surface area contributed by atoms with Crippen molar-refractivity contribution in [2.75, 3.05) is 35.2 Å². The molecule has 0 aromatic heterocycles. The minimum absolute atomic E-state index is 0.0816. The third kappa shape index (κ3) is 4.45. The maximum Gasteiger partial charge on any atom is 0.321 e. The van der Waals surface area contributed by atoms with E-state index in [-0.39, 0.29) is 23.8 Å². The topological polar surface area (TPSA) is 81.8 Å². The van der Waals surface area contributed by atoms with Gasteiger partial charge in [-0.3, -0.25) is 9.59 Å². The van der Waals surface area contributed by atoms with Crippen LogP contribution in [0.15, 0.2) is 54.6 Å². The minimum Gasteiger partial charge on any atom is -0.324 e. The van der Waals surface area contributed by atoms with E-state index in [1.54, 1.807) is 9.80 Å². The van der Waals surface area contributed by atoms with Crippen LogP contribution in [0, 0.1) is 5.92 Å². The molecule has 2 aliphatic heterocycles. The number of hydrogen-bond acceptors (Lipinski definition) is 3. The molecule has 7 heteroatoms. The number of carbonyl (C=O) groups excluding carboxylic acids is 3. The van der Waals surface area contributed by atoms with E-state index in [4.69, 9.17) is 0 Å². The number of hydrogen-bond donors (Lipinski definition) is 2. The van der Waals surface area contributed by atoms with Crippen LogP contribution < -0.4 is 15.5 Å². The van der Waals surface area contributed by atoms with E-state index in [0.29, 0.717) is 31.7 Å². The van der Waals surface area contributed by atoms with E-state index >= 15 is 0 Å².